The predicted octanol–water partition coefficient (Wildman–Crippen LogP) is 14.9. The van der Waals surface area contributed by atoms with Crippen LogP contribution >= 0.6 is 0 Å². The van der Waals surface area contributed by atoms with Gasteiger partial charge in [0.15, 0.2) is 5.82 Å². The molecule has 0 saturated carbocycles. The van der Waals surface area contributed by atoms with Gasteiger partial charge in [-0.25, -0.2) is 9.97 Å². The topological polar surface area (TPSA) is 30.7 Å². The molecule has 9 aromatic carbocycles. The predicted molar refractivity (Wildman–Crippen MR) is 251 cm³/mol. The van der Waals surface area contributed by atoms with E-state index in [0.717, 1.165) is 39.2 Å². The summed E-state index contributed by atoms with van der Waals surface area (Å²) in [7, 11) is 0. The molecule has 0 radical (unpaired) electrons. The van der Waals surface area contributed by atoms with Gasteiger partial charge in [-0.1, -0.05) is 166 Å². The van der Waals surface area contributed by atoms with Crippen LogP contribution in [0, 0.1) is 0 Å². The third kappa shape index (κ3) is 5.29. The van der Waals surface area contributed by atoms with Crippen molar-refractivity contribution in [2.45, 2.75) is 19.3 Å². The van der Waals surface area contributed by atoms with Crippen LogP contribution in [0.4, 0.5) is 0 Å². The van der Waals surface area contributed by atoms with E-state index in [9.17, 15) is 0 Å². The van der Waals surface area contributed by atoms with Gasteiger partial charge in [-0.05, 0) is 109 Å². The van der Waals surface area contributed by atoms with Crippen LogP contribution in [0.3, 0.4) is 0 Å². The first-order valence-corrected chi connectivity index (χ1v) is 20.7. The molecule has 60 heavy (non-hydrogen) atoms. The second-order valence-electron chi connectivity index (χ2n) is 16.6. The number of aromatic nitrogens is 3. The second-order valence-corrected chi connectivity index (χ2v) is 16.6. The average molecular weight is 766 g/mol. The highest BCUT2D eigenvalue weighted by Gasteiger charge is 2.36. The summed E-state index contributed by atoms with van der Waals surface area (Å²) in [6.07, 6.45) is 1.85. The molecule has 0 fully saturated rings. The Kier molecular flexibility index (Phi) is 7.58. The summed E-state index contributed by atoms with van der Waals surface area (Å²) in [6, 6.07) is 70.8. The van der Waals surface area contributed by atoms with Crippen molar-refractivity contribution in [2.24, 2.45) is 0 Å². The molecule has 0 saturated heterocycles. The van der Waals surface area contributed by atoms with E-state index < -0.39 is 0 Å². The third-order valence-corrected chi connectivity index (χ3v) is 12.9. The van der Waals surface area contributed by atoms with E-state index in [4.69, 9.17) is 9.97 Å². The van der Waals surface area contributed by atoms with Crippen molar-refractivity contribution >= 4 is 43.4 Å². The molecule has 0 spiro atoms. The molecule has 0 aliphatic heterocycles. The van der Waals surface area contributed by atoms with Gasteiger partial charge in [0.1, 0.15) is 0 Å². The number of hydrogen-bond acceptors (Lipinski definition) is 2. The fourth-order valence-corrected chi connectivity index (χ4v) is 9.89. The molecule has 0 bridgehead atoms. The minimum atomic E-state index is -0.0615. The summed E-state index contributed by atoms with van der Waals surface area (Å²) in [5, 5.41) is 7.46. The number of fused-ring (bicyclic) bond motifs is 9. The van der Waals surface area contributed by atoms with Crippen LogP contribution in [0.1, 0.15) is 25.0 Å². The van der Waals surface area contributed by atoms with Crippen molar-refractivity contribution in [3.63, 3.8) is 0 Å². The van der Waals surface area contributed by atoms with E-state index in [-0.39, 0.29) is 5.41 Å². The number of benzene rings is 9. The summed E-state index contributed by atoms with van der Waals surface area (Å²) in [5.74, 6) is 0.711. The molecule has 3 nitrogen and oxygen atoms in total. The maximum absolute atomic E-state index is 4.98. The van der Waals surface area contributed by atoms with Gasteiger partial charge in [0.25, 0.3) is 0 Å². The van der Waals surface area contributed by atoms with Crippen LogP contribution in [0.5, 0.6) is 0 Å². The van der Waals surface area contributed by atoms with Crippen molar-refractivity contribution in [1.82, 2.24) is 14.5 Å². The molecule has 282 valence electrons. The third-order valence-electron chi connectivity index (χ3n) is 12.9. The Balaban J connectivity index is 1.05. The minimum absolute atomic E-state index is 0.0615. The quantitative estimate of drug-likeness (QED) is 0.163. The monoisotopic (exact) mass is 765 g/mol. The van der Waals surface area contributed by atoms with Gasteiger partial charge in [0, 0.05) is 39.2 Å². The van der Waals surface area contributed by atoms with Gasteiger partial charge in [0.05, 0.1) is 16.7 Å². The first kappa shape index (κ1) is 34.4. The smallest absolute Gasteiger partial charge is 0.159 e. The van der Waals surface area contributed by atoms with Gasteiger partial charge >= 0.3 is 0 Å². The maximum Gasteiger partial charge on any atom is 0.159 e. The van der Waals surface area contributed by atoms with Gasteiger partial charge < -0.3 is 4.57 Å². The number of hydrogen-bond donors (Lipinski definition) is 0. The van der Waals surface area contributed by atoms with Gasteiger partial charge in [0.2, 0.25) is 0 Å². The van der Waals surface area contributed by atoms with E-state index in [2.05, 4.69) is 188 Å². The average Bonchev–Trinajstić information content (AvgIpc) is 3.76. The first-order valence-electron chi connectivity index (χ1n) is 20.7. The first-order chi connectivity index (χ1) is 29.5. The van der Waals surface area contributed by atoms with Crippen molar-refractivity contribution in [2.75, 3.05) is 0 Å². The summed E-state index contributed by atoms with van der Waals surface area (Å²) in [6.45, 7) is 4.71. The Morgan fingerprint density at radius 3 is 2.05 bits per heavy atom. The van der Waals surface area contributed by atoms with Gasteiger partial charge in [-0.15, -0.1) is 0 Å². The zero-order chi connectivity index (χ0) is 40.0. The van der Waals surface area contributed by atoms with Crippen LogP contribution in [0.25, 0.3) is 105 Å². The minimum Gasteiger partial charge on any atom is -0.309 e. The molecule has 0 amide bonds. The molecule has 0 N–H and O–H groups in total. The fourth-order valence-electron chi connectivity index (χ4n) is 9.89. The highest BCUT2D eigenvalue weighted by molar-refractivity contribution is 6.13. The molecule has 1 aliphatic carbocycles. The van der Waals surface area contributed by atoms with Crippen molar-refractivity contribution in [3.05, 3.63) is 211 Å². The highest BCUT2D eigenvalue weighted by Crippen LogP contribution is 2.52. The summed E-state index contributed by atoms with van der Waals surface area (Å²) < 4.78 is 2.46. The lowest BCUT2D eigenvalue weighted by Crippen LogP contribution is -2.14. The lowest BCUT2D eigenvalue weighted by atomic mass is 9.82. The van der Waals surface area contributed by atoms with Gasteiger partial charge in [-0.2, -0.15) is 0 Å². The van der Waals surface area contributed by atoms with Crippen LogP contribution in [0.15, 0.2) is 200 Å². The number of rotatable bonds is 5. The molecule has 12 rings (SSSR count). The zero-order valence-electron chi connectivity index (χ0n) is 33.4. The molecular formula is C57H39N3. The highest BCUT2D eigenvalue weighted by atomic mass is 15.0. The summed E-state index contributed by atoms with van der Waals surface area (Å²) in [5.41, 5.74) is 16.6. The lowest BCUT2D eigenvalue weighted by molar-refractivity contribution is 0.660. The van der Waals surface area contributed by atoms with E-state index >= 15 is 0 Å². The Morgan fingerprint density at radius 1 is 0.417 bits per heavy atom. The van der Waals surface area contributed by atoms with Crippen molar-refractivity contribution < 1.29 is 0 Å². The zero-order valence-corrected chi connectivity index (χ0v) is 33.4. The molecule has 11 aromatic rings. The van der Waals surface area contributed by atoms with Crippen LogP contribution in [-0.2, 0) is 5.41 Å². The van der Waals surface area contributed by atoms with Crippen molar-refractivity contribution in [3.8, 4) is 61.7 Å². The standard InChI is InChI=1S/C57H39N3/c1-57(2)50-20-9-8-18-48(50)55-46(19-11-21-51(55)57)41-25-29-53-49(34-41)47-27-24-39(38-15-10-16-42(32-38)56-58-31-30-52(59-56)37-13-4-3-5-14-37)35-54(47)60(53)43-26-28-45-40(33-43)23-22-36-12-6-7-17-44(36)45/h3-35H,1-2H3. The second kappa shape index (κ2) is 13.2. The van der Waals surface area contributed by atoms with Gasteiger partial charge in [-0.3, -0.25) is 0 Å². The maximum atomic E-state index is 4.98. The van der Waals surface area contributed by atoms with Crippen LogP contribution in [0.2, 0.25) is 0 Å². The van der Waals surface area contributed by atoms with Crippen molar-refractivity contribution in [1.29, 1.82) is 0 Å². The molecule has 2 aromatic heterocycles. The lowest BCUT2D eigenvalue weighted by Gasteiger charge is -2.21. The Labute approximate surface area is 348 Å². The molecular weight excluding hydrogens is 727 g/mol. The SMILES string of the molecule is CC1(C)c2ccccc2-c2c(-c3ccc4c(c3)c3ccc(-c5cccc(-c6nccc(-c7ccccc7)n6)c5)cc3n4-c3ccc4c(ccc5ccccc54)c3)cccc21. The Morgan fingerprint density at radius 2 is 1.12 bits per heavy atom. The molecule has 2 heterocycles. The number of nitrogens with zero attached hydrogens (tertiary/aromatic N) is 3. The summed E-state index contributed by atoms with van der Waals surface area (Å²) in [4.78, 5) is 9.69. The molecule has 0 unspecified atom stereocenters. The van der Waals surface area contributed by atoms with E-state index in [1.165, 1.54) is 71.2 Å². The van der Waals surface area contributed by atoms with E-state index in [1.54, 1.807) is 0 Å². The molecule has 3 heteroatoms. The van der Waals surface area contributed by atoms with E-state index in [0.29, 0.717) is 5.82 Å². The molecule has 1 aliphatic rings. The largest absolute Gasteiger partial charge is 0.309 e. The normalized spacial score (nSPS) is 13.0. The Bertz CT molecular complexity index is 3520. The van der Waals surface area contributed by atoms with Crippen LogP contribution < -0.4 is 0 Å². The molecule has 0 atom stereocenters. The fraction of sp³-hybridized carbons (Fsp3) is 0.0526. The van der Waals surface area contributed by atoms with Crippen LogP contribution in [-0.4, -0.2) is 14.5 Å². The van der Waals surface area contributed by atoms with E-state index in [1.807, 2.05) is 30.5 Å². The Hall–Kier alpha value is -7.62. The summed E-state index contributed by atoms with van der Waals surface area (Å²) >= 11 is 0.